The van der Waals surface area contributed by atoms with Gasteiger partial charge in [0, 0.05) is 5.69 Å². The van der Waals surface area contributed by atoms with Gasteiger partial charge >= 0.3 is 12.1 Å². The number of carbonyl (C=O) groups is 4. The Hall–Kier alpha value is -2.90. The number of hydrogen-bond acceptors (Lipinski definition) is 4. The zero-order valence-electron chi connectivity index (χ0n) is 15.0. The SMILES string of the molecule is Cc1ccc(NC(=O)NC(=O)CN2C(=O)N[C@@](C)(C3CC3)C2=O)c(C)c1. The van der Waals surface area contributed by atoms with Crippen LogP contribution in [0, 0.1) is 19.8 Å². The summed E-state index contributed by atoms with van der Waals surface area (Å²) < 4.78 is 0. The summed E-state index contributed by atoms with van der Waals surface area (Å²) in [5.74, 6) is -1.04. The summed E-state index contributed by atoms with van der Waals surface area (Å²) >= 11 is 0. The molecule has 2 fully saturated rings. The summed E-state index contributed by atoms with van der Waals surface area (Å²) in [6, 6.07) is 4.18. The van der Waals surface area contributed by atoms with E-state index in [4.69, 9.17) is 0 Å². The molecule has 0 aromatic heterocycles. The molecule has 1 aromatic rings. The molecule has 1 saturated carbocycles. The van der Waals surface area contributed by atoms with Crippen molar-refractivity contribution in [3.8, 4) is 0 Å². The molecule has 26 heavy (non-hydrogen) atoms. The summed E-state index contributed by atoms with van der Waals surface area (Å²) in [6.07, 6.45) is 1.75. The first-order chi connectivity index (χ1) is 12.2. The molecule has 3 rings (SSSR count). The van der Waals surface area contributed by atoms with E-state index in [0.717, 1.165) is 28.9 Å². The van der Waals surface area contributed by atoms with E-state index in [1.165, 1.54) is 0 Å². The largest absolute Gasteiger partial charge is 0.325 e. The van der Waals surface area contributed by atoms with Gasteiger partial charge in [0.05, 0.1) is 0 Å². The van der Waals surface area contributed by atoms with Crippen molar-refractivity contribution in [3.05, 3.63) is 29.3 Å². The number of anilines is 1. The summed E-state index contributed by atoms with van der Waals surface area (Å²) in [6.45, 7) is 4.97. The van der Waals surface area contributed by atoms with Gasteiger partial charge < -0.3 is 10.6 Å². The van der Waals surface area contributed by atoms with Gasteiger partial charge in [0.25, 0.3) is 5.91 Å². The fraction of sp³-hybridized carbons (Fsp3) is 0.444. The Morgan fingerprint density at radius 2 is 1.96 bits per heavy atom. The highest BCUT2D eigenvalue weighted by atomic mass is 16.2. The third-order valence-corrected chi connectivity index (χ3v) is 4.88. The van der Waals surface area contributed by atoms with Crippen molar-refractivity contribution in [2.75, 3.05) is 11.9 Å². The van der Waals surface area contributed by atoms with Crippen molar-refractivity contribution in [1.29, 1.82) is 0 Å². The van der Waals surface area contributed by atoms with Crippen LogP contribution in [-0.2, 0) is 9.59 Å². The van der Waals surface area contributed by atoms with Gasteiger partial charge in [-0.25, -0.2) is 9.59 Å². The number of nitrogens with zero attached hydrogens (tertiary/aromatic N) is 1. The number of benzene rings is 1. The highest BCUT2D eigenvalue weighted by Gasteiger charge is 2.56. The van der Waals surface area contributed by atoms with E-state index in [1.807, 2.05) is 26.0 Å². The number of imide groups is 2. The molecule has 1 saturated heterocycles. The van der Waals surface area contributed by atoms with Crippen molar-refractivity contribution >= 4 is 29.6 Å². The lowest BCUT2D eigenvalue weighted by molar-refractivity contribution is -0.134. The number of urea groups is 2. The maximum atomic E-state index is 12.5. The van der Waals surface area contributed by atoms with Crippen molar-refractivity contribution < 1.29 is 19.2 Å². The third-order valence-electron chi connectivity index (χ3n) is 4.88. The Bertz CT molecular complexity index is 802. The second-order valence-corrected chi connectivity index (χ2v) is 7.12. The number of aryl methyl sites for hydroxylation is 2. The molecule has 0 bridgehead atoms. The second kappa shape index (κ2) is 6.44. The number of amides is 6. The Morgan fingerprint density at radius 1 is 1.27 bits per heavy atom. The molecule has 138 valence electrons. The van der Waals surface area contributed by atoms with Crippen molar-refractivity contribution in [1.82, 2.24) is 15.5 Å². The normalized spacial score (nSPS) is 22.2. The minimum Gasteiger partial charge on any atom is -0.323 e. The number of carbonyl (C=O) groups excluding carboxylic acids is 4. The van der Waals surface area contributed by atoms with Gasteiger partial charge in [0.15, 0.2) is 0 Å². The fourth-order valence-corrected chi connectivity index (χ4v) is 3.21. The maximum absolute atomic E-state index is 12.5. The lowest BCUT2D eigenvalue weighted by Gasteiger charge is -2.20. The van der Waals surface area contributed by atoms with E-state index in [9.17, 15) is 19.2 Å². The summed E-state index contributed by atoms with van der Waals surface area (Å²) in [5, 5.41) is 7.39. The standard InChI is InChI=1S/C18H22N4O4/c1-10-4-7-13(11(2)8-10)19-16(25)20-14(23)9-22-15(24)18(3,12-5-6-12)21-17(22)26/h4,7-8,12H,5-6,9H2,1-3H3,(H,21,26)(H2,19,20,23,25)/t18-/m0/s1. The minimum atomic E-state index is -0.946. The first-order valence-corrected chi connectivity index (χ1v) is 8.53. The predicted molar refractivity (Wildman–Crippen MR) is 94.5 cm³/mol. The van der Waals surface area contributed by atoms with Gasteiger partial charge in [0.1, 0.15) is 12.1 Å². The average molecular weight is 358 g/mol. The number of rotatable bonds is 4. The molecule has 8 heteroatoms. The van der Waals surface area contributed by atoms with Crippen molar-refractivity contribution in [2.24, 2.45) is 5.92 Å². The van der Waals surface area contributed by atoms with Crippen LogP contribution < -0.4 is 16.0 Å². The number of nitrogens with one attached hydrogen (secondary N) is 3. The van der Waals surface area contributed by atoms with Crippen LogP contribution in [0.15, 0.2) is 18.2 Å². The lowest BCUT2D eigenvalue weighted by atomic mass is 9.96. The zero-order valence-corrected chi connectivity index (χ0v) is 15.0. The monoisotopic (exact) mass is 358 g/mol. The summed E-state index contributed by atoms with van der Waals surface area (Å²) in [4.78, 5) is 49.4. The van der Waals surface area contributed by atoms with E-state index in [1.54, 1.807) is 13.0 Å². The molecular weight excluding hydrogens is 336 g/mol. The quantitative estimate of drug-likeness (QED) is 0.712. The van der Waals surface area contributed by atoms with Crippen molar-refractivity contribution in [3.63, 3.8) is 0 Å². The van der Waals surface area contributed by atoms with E-state index in [2.05, 4.69) is 16.0 Å². The molecular formula is C18H22N4O4. The van der Waals surface area contributed by atoms with Crippen molar-refractivity contribution in [2.45, 2.75) is 39.2 Å². The smallest absolute Gasteiger partial charge is 0.323 e. The molecule has 3 N–H and O–H groups in total. The van der Waals surface area contributed by atoms with Crippen LogP contribution >= 0.6 is 0 Å². The topological polar surface area (TPSA) is 108 Å². The van der Waals surface area contributed by atoms with Crippen LogP contribution in [0.5, 0.6) is 0 Å². The number of hydrogen-bond donors (Lipinski definition) is 3. The summed E-state index contributed by atoms with van der Waals surface area (Å²) in [7, 11) is 0. The molecule has 0 unspecified atom stereocenters. The third kappa shape index (κ3) is 3.40. The Kier molecular flexibility index (Phi) is 4.43. The Labute approximate surface area is 151 Å². The predicted octanol–water partition coefficient (Wildman–Crippen LogP) is 1.67. The van der Waals surface area contributed by atoms with E-state index < -0.39 is 36.0 Å². The first kappa shape index (κ1) is 17.9. The second-order valence-electron chi connectivity index (χ2n) is 7.12. The average Bonchev–Trinajstić information content (AvgIpc) is 3.36. The van der Waals surface area contributed by atoms with E-state index >= 15 is 0 Å². The maximum Gasteiger partial charge on any atom is 0.325 e. The highest BCUT2D eigenvalue weighted by molar-refractivity contribution is 6.10. The molecule has 0 radical (unpaired) electrons. The van der Waals surface area contributed by atoms with Crippen LogP contribution in [0.25, 0.3) is 0 Å². The molecule has 8 nitrogen and oxygen atoms in total. The molecule has 2 aliphatic rings. The summed E-state index contributed by atoms with van der Waals surface area (Å²) in [5.41, 5.74) is 1.56. The highest BCUT2D eigenvalue weighted by Crippen LogP contribution is 2.42. The van der Waals surface area contributed by atoms with Crippen LogP contribution in [0.4, 0.5) is 15.3 Å². The van der Waals surface area contributed by atoms with Crippen LogP contribution in [-0.4, -0.2) is 40.9 Å². The fourth-order valence-electron chi connectivity index (χ4n) is 3.21. The van der Waals surface area contributed by atoms with Gasteiger partial charge in [-0.15, -0.1) is 0 Å². The van der Waals surface area contributed by atoms with Gasteiger partial charge in [0.2, 0.25) is 5.91 Å². The van der Waals surface area contributed by atoms with Crippen LogP contribution in [0.2, 0.25) is 0 Å². The Morgan fingerprint density at radius 3 is 2.58 bits per heavy atom. The zero-order chi connectivity index (χ0) is 19.1. The first-order valence-electron chi connectivity index (χ1n) is 8.53. The molecule has 1 aliphatic heterocycles. The minimum absolute atomic E-state index is 0.111. The molecule has 6 amide bonds. The molecule has 1 aliphatic carbocycles. The van der Waals surface area contributed by atoms with Gasteiger partial charge in [-0.3, -0.25) is 19.8 Å². The van der Waals surface area contributed by atoms with Crippen LogP contribution in [0.1, 0.15) is 30.9 Å². The van der Waals surface area contributed by atoms with Gasteiger partial charge in [-0.05, 0) is 51.2 Å². The van der Waals surface area contributed by atoms with Gasteiger partial charge in [-0.2, -0.15) is 0 Å². The van der Waals surface area contributed by atoms with Crippen LogP contribution in [0.3, 0.4) is 0 Å². The lowest BCUT2D eigenvalue weighted by Crippen LogP contribution is -2.47. The van der Waals surface area contributed by atoms with E-state index in [0.29, 0.717) is 5.69 Å². The molecule has 1 aromatic carbocycles. The van der Waals surface area contributed by atoms with E-state index in [-0.39, 0.29) is 5.92 Å². The Balaban J connectivity index is 1.57. The molecule has 1 atom stereocenters. The van der Waals surface area contributed by atoms with Gasteiger partial charge in [-0.1, -0.05) is 17.7 Å². The molecule has 1 heterocycles. The molecule has 0 spiro atoms.